The zero-order valence-electron chi connectivity index (χ0n) is 13.0. The van der Waals surface area contributed by atoms with Crippen LogP contribution in [-0.2, 0) is 9.84 Å². The van der Waals surface area contributed by atoms with E-state index >= 15 is 0 Å². The number of hydrogen-bond acceptors (Lipinski definition) is 4. The van der Waals surface area contributed by atoms with Gasteiger partial charge in [-0.25, -0.2) is 8.42 Å². The molecule has 0 aromatic heterocycles. The van der Waals surface area contributed by atoms with E-state index in [1.165, 1.54) is 25.7 Å². The second kappa shape index (κ2) is 6.75. The third-order valence-electron chi connectivity index (χ3n) is 4.94. The molecule has 2 unspecified atom stereocenters. The van der Waals surface area contributed by atoms with Crippen LogP contribution in [0.3, 0.4) is 0 Å². The molecule has 0 amide bonds. The number of sulfone groups is 1. The van der Waals surface area contributed by atoms with Gasteiger partial charge in [-0.3, -0.25) is 0 Å². The molecule has 1 saturated heterocycles. The van der Waals surface area contributed by atoms with Gasteiger partial charge in [-0.05, 0) is 44.2 Å². The summed E-state index contributed by atoms with van der Waals surface area (Å²) in [7, 11) is -0.757. The van der Waals surface area contributed by atoms with E-state index in [9.17, 15) is 8.42 Å². The van der Waals surface area contributed by atoms with Gasteiger partial charge in [0.05, 0.1) is 11.5 Å². The van der Waals surface area contributed by atoms with Gasteiger partial charge in [0.1, 0.15) is 0 Å². The zero-order chi connectivity index (χ0) is 14.6. The molecule has 0 aromatic rings. The Hall–Kier alpha value is -0.130. The highest BCUT2D eigenvalue weighted by molar-refractivity contribution is 7.91. The Morgan fingerprint density at radius 2 is 2.05 bits per heavy atom. The topological polar surface area (TPSA) is 49.4 Å². The van der Waals surface area contributed by atoms with Crippen molar-refractivity contribution in [3.05, 3.63) is 0 Å². The molecule has 5 heteroatoms. The summed E-state index contributed by atoms with van der Waals surface area (Å²) >= 11 is 0. The summed E-state index contributed by atoms with van der Waals surface area (Å²) in [5.41, 5.74) is 0.348. The van der Waals surface area contributed by atoms with Gasteiger partial charge in [0.2, 0.25) is 0 Å². The molecule has 1 saturated carbocycles. The molecule has 4 nitrogen and oxygen atoms in total. The number of rotatable bonds is 4. The van der Waals surface area contributed by atoms with Gasteiger partial charge < -0.3 is 10.2 Å². The first kappa shape index (κ1) is 16.2. The van der Waals surface area contributed by atoms with E-state index in [0.29, 0.717) is 16.9 Å². The van der Waals surface area contributed by atoms with Crippen LogP contribution in [0.15, 0.2) is 0 Å². The Labute approximate surface area is 124 Å². The van der Waals surface area contributed by atoms with E-state index in [4.69, 9.17) is 0 Å². The average molecular weight is 302 g/mol. The van der Waals surface area contributed by atoms with Crippen LogP contribution in [0.2, 0.25) is 0 Å². The lowest BCUT2D eigenvalue weighted by atomic mass is 9.69. The molecule has 0 aromatic carbocycles. The monoisotopic (exact) mass is 302 g/mol. The molecule has 2 aliphatic rings. The fraction of sp³-hybridized carbons (Fsp3) is 1.00. The Morgan fingerprint density at radius 3 is 2.75 bits per heavy atom. The molecule has 2 fully saturated rings. The fourth-order valence-electron chi connectivity index (χ4n) is 4.13. The molecular formula is C15H30N2O2S. The lowest BCUT2D eigenvalue weighted by Crippen LogP contribution is -2.46. The van der Waals surface area contributed by atoms with Gasteiger partial charge in [-0.1, -0.05) is 19.8 Å². The predicted octanol–water partition coefficient (Wildman–Crippen LogP) is 1.52. The standard InChI is InChI=1S/C15H30N2O2S/c1-14-5-3-6-15(11-14,12-16-2)13-17-7-4-9-20(18,19)10-8-17/h14,16H,3-13H2,1-2H3. The van der Waals surface area contributed by atoms with Crippen LogP contribution < -0.4 is 5.32 Å². The first-order valence-electron chi connectivity index (χ1n) is 8.02. The van der Waals surface area contributed by atoms with Gasteiger partial charge in [-0.2, -0.15) is 0 Å². The molecule has 2 rings (SSSR count). The lowest BCUT2D eigenvalue weighted by molar-refractivity contribution is 0.0855. The molecule has 0 radical (unpaired) electrons. The second-order valence-corrected chi connectivity index (χ2v) is 9.32. The van der Waals surface area contributed by atoms with E-state index in [-0.39, 0.29) is 0 Å². The molecule has 0 bridgehead atoms. The maximum atomic E-state index is 11.7. The van der Waals surface area contributed by atoms with Crippen LogP contribution in [-0.4, -0.2) is 58.1 Å². The summed E-state index contributed by atoms with van der Waals surface area (Å²) in [6.07, 6.45) is 6.01. The van der Waals surface area contributed by atoms with Crippen molar-refractivity contribution in [2.75, 3.05) is 44.7 Å². The van der Waals surface area contributed by atoms with Crippen molar-refractivity contribution < 1.29 is 8.42 Å². The SMILES string of the molecule is CNCC1(CN2CCCS(=O)(=O)CC2)CCCC(C)C1. The summed E-state index contributed by atoms with van der Waals surface area (Å²) in [5, 5.41) is 3.38. The number of nitrogens with zero attached hydrogens (tertiary/aromatic N) is 1. The Morgan fingerprint density at radius 1 is 1.25 bits per heavy atom. The fourth-order valence-corrected chi connectivity index (χ4v) is 5.44. The van der Waals surface area contributed by atoms with Gasteiger partial charge in [-0.15, -0.1) is 0 Å². The van der Waals surface area contributed by atoms with Crippen LogP contribution in [0.1, 0.15) is 39.0 Å². The molecule has 118 valence electrons. The number of nitrogens with one attached hydrogen (secondary N) is 1. The minimum Gasteiger partial charge on any atom is -0.319 e. The Balaban J connectivity index is 2.00. The first-order valence-corrected chi connectivity index (χ1v) is 9.84. The maximum Gasteiger partial charge on any atom is 0.151 e. The summed E-state index contributed by atoms with van der Waals surface area (Å²) in [4.78, 5) is 2.40. The number of hydrogen-bond donors (Lipinski definition) is 1. The molecular weight excluding hydrogens is 272 g/mol. The van der Waals surface area contributed by atoms with E-state index in [1.807, 2.05) is 7.05 Å². The van der Waals surface area contributed by atoms with Crippen molar-refractivity contribution in [3.8, 4) is 0 Å². The van der Waals surface area contributed by atoms with Crippen molar-refractivity contribution in [1.82, 2.24) is 10.2 Å². The van der Waals surface area contributed by atoms with Crippen LogP contribution in [0.25, 0.3) is 0 Å². The molecule has 1 heterocycles. The minimum absolute atomic E-state index is 0.345. The predicted molar refractivity (Wildman–Crippen MR) is 83.7 cm³/mol. The van der Waals surface area contributed by atoms with E-state index in [1.54, 1.807) is 0 Å². The van der Waals surface area contributed by atoms with Crippen LogP contribution >= 0.6 is 0 Å². The largest absolute Gasteiger partial charge is 0.319 e. The molecule has 2 atom stereocenters. The quantitative estimate of drug-likeness (QED) is 0.855. The van der Waals surface area contributed by atoms with Crippen molar-refractivity contribution in [3.63, 3.8) is 0 Å². The van der Waals surface area contributed by atoms with Crippen LogP contribution in [0, 0.1) is 11.3 Å². The third-order valence-corrected chi connectivity index (χ3v) is 6.66. The van der Waals surface area contributed by atoms with Gasteiger partial charge >= 0.3 is 0 Å². The smallest absolute Gasteiger partial charge is 0.151 e. The maximum absolute atomic E-state index is 11.7. The van der Waals surface area contributed by atoms with Crippen molar-refractivity contribution in [2.45, 2.75) is 39.0 Å². The summed E-state index contributed by atoms with van der Waals surface area (Å²) in [6.45, 7) is 6.14. The summed E-state index contributed by atoms with van der Waals surface area (Å²) < 4.78 is 23.5. The molecule has 0 spiro atoms. The van der Waals surface area contributed by atoms with Crippen molar-refractivity contribution in [2.24, 2.45) is 11.3 Å². The van der Waals surface area contributed by atoms with Crippen LogP contribution in [0.5, 0.6) is 0 Å². The third kappa shape index (κ3) is 4.43. The average Bonchev–Trinajstić information content (AvgIpc) is 2.51. The molecule has 1 aliphatic carbocycles. The highest BCUT2D eigenvalue weighted by atomic mass is 32.2. The Kier molecular flexibility index (Phi) is 5.49. The van der Waals surface area contributed by atoms with E-state index in [0.717, 1.165) is 38.5 Å². The minimum atomic E-state index is -2.79. The first-order chi connectivity index (χ1) is 9.45. The summed E-state index contributed by atoms with van der Waals surface area (Å²) in [6, 6.07) is 0. The van der Waals surface area contributed by atoms with Gasteiger partial charge in [0.15, 0.2) is 9.84 Å². The zero-order valence-corrected chi connectivity index (χ0v) is 13.8. The van der Waals surface area contributed by atoms with Gasteiger partial charge in [0, 0.05) is 19.6 Å². The van der Waals surface area contributed by atoms with E-state index in [2.05, 4.69) is 17.1 Å². The Bertz CT molecular complexity index is 406. The van der Waals surface area contributed by atoms with Gasteiger partial charge in [0.25, 0.3) is 0 Å². The highest BCUT2D eigenvalue weighted by Crippen LogP contribution is 2.39. The van der Waals surface area contributed by atoms with E-state index < -0.39 is 9.84 Å². The highest BCUT2D eigenvalue weighted by Gasteiger charge is 2.36. The molecule has 1 aliphatic heterocycles. The van der Waals surface area contributed by atoms with Crippen molar-refractivity contribution in [1.29, 1.82) is 0 Å². The normalized spacial score (nSPS) is 35.6. The lowest BCUT2D eigenvalue weighted by Gasteiger charge is -2.43. The second-order valence-electron chi connectivity index (χ2n) is 7.01. The molecule has 20 heavy (non-hydrogen) atoms. The summed E-state index contributed by atoms with van der Waals surface area (Å²) in [5.74, 6) is 1.52. The molecule has 1 N–H and O–H groups in total. The van der Waals surface area contributed by atoms with Crippen molar-refractivity contribution >= 4 is 9.84 Å². The van der Waals surface area contributed by atoms with Crippen LogP contribution in [0.4, 0.5) is 0 Å².